The molecule has 3 heterocycles. The second-order valence-corrected chi connectivity index (χ2v) is 5.87. The third-order valence-electron chi connectivity index (χ3n) is 4.26. The summed E-state index contributed by atoms with van der Waals surface area (Å²) in [5.74, 6) is 0.485. The van der Waals surface area contributed by atoms with Crippen molar-refractivity contribution in [3.63, 3.8) is 0 Å². The summed E-state index contributed by atoms with van der Waals surface area (Å²) in [5.41, 5.74) is 8.30. The summed E-state index contributed by atoms with van der Waals surface area (Å²) in [4.78, 5) is 4.30. The quantitative estimate of drug-likeness (QED) is 0.846. The van der Waals surface area contributed by atoms with Crippen LogP contribution in [0.2, 0.25) is 0 Å². The van der Waals surface area contributed by atoms with Crippen LogP contribution in [-0.2, 0) is 6.42 Å². The van der Waals surface area contributed by atoms with E-state index in [2.05, 4.69) is 35.6 Å². The van der Waals surface area contributed by atoms with Crippen LogP contribution in [-0.4, -0.2) is 10.1 Å². The van der Waals surface area contributed by atoms with E-state index in [1.165, 1.54) is 5.56 Å². The average Bonchev–Trinajstić information content (AvgIpc) is 2.87. The number of hydrogen-bond donors (Lipinski definition) is 2. The standard InChI is InChI=1S/C17H18N4O/c1-11-9-13-5-3-4-6-15(13)21-16(11)17(22)20(19-21)14-8-7-12(2)18-10-14/h3-8,10-11,19,22H,9H2,1-2H3. The Kier molecular flexibility index (Phi) is 2.84. The molecule has 0 bridgehead atoms. The summed E-state index contributed by atoms with van der Waals surface area (Å²) in [6, 6.07) is 12.2. The number of rotatable bonds is 1. The monoisotopic (exact) mass is 294 g/mol. The minimum atomic E-state index is 0.241. The van der Waals surface area contributed by atoms with Crippen molar-refractivity contribution >= 4 is 11.4 Å². The zero-order valence-electron chi connectivity index (χ0n) is 12.6. The van der Waals surface area contributed by atoms with Crippen LogP contribution in [0.3, 0.4) is 0 Å². The van der Waals surface area contributed by atoms with Gasteiger partial charge in [-0.1, -0.05) is 25.1 Å². The number of fused-ring (bicyclic) bond motifs is 3. The largest absolute Gasteiger partial charge is 0.492 e. The van der Waals surface area contributed by atoms with Gasteiger partial charge in [-0.15, -0.1) is 5.53 Å². The highest BCUT2D eigenvalue weighted by atomic mass is 16.3. The minimum Gasteiger partial charge on any atom is -0.492 e. The second kappa shape index (κ2) is 4.74. The van der Waals surface area contributed by atoms with Crippen molar-refractivity contribution in [2.24, 2.45) is 5.92 Å². The molecule has 2 aliphatic rings. The summed E-state index contributed by atoms with van der Waals surface area (Å²) in [6.07, 6.45) is 2.68. The molecule has 1 aromatic carbocycles. The van der Waals surface area contributed by atoms with Crippen molar-refractivity contribution in [3.05, 3.63) is 65.4 Å². The maximum Gasteiger partial charge on any atom is 0.230 e. The number of hydrogen-bond acceptors (Lipinski definition) is 5. The number of nitrogens with zero attached hydrogens (tertiary/aromatic N) is 3. The number of allylic oxidation sites excluding steroid dienone is 1. The Bertz CT molecular complexity index is 754. The van der Waals surface area contributed by atoms with Crippen molar-refractivity contribution in [2.45, 2.75) is 20.3 Å². The van der Waals surface area contributed by atoms with E-state index in [4.69, 9.17) is 0 Å². The van der Waals surface area contributed by atoms with E-state index in [0.717, 1.165) is 29.2 Å². The van der Waals surface area contributed by atoms with E-state index in [1.54, 1.807) is 11.2 Å². The van der Waals surface area contributed by atoms with Crippen LogP contribution in [0.5, 0.6) is 0 Å². The Hall–Kier alpha value is -2.53. The van der Waals surface area contributed by atoms with Gasteiger partial charge in [0.1, 0.15) is 5.70 Å². The van der Waals surface area contributed by atoms with Gasteiger partial charge >= 0.3 is 0 Å². The molecule has 2 aromatic rings. The number of aliphatic hydroxyl groups is 1. The van der Waals surface area contributed by atoms with Gasteiger partial charge in [-0.25, -0.2) is 5.01 Å². The van der Waals surface area contributed by atoms with Gasteiger partial charge in [0.15, 0.2) is 0 Å². The van der Waals surface area contributed by atoms with Crippen LogP contribution in [0.1, 0.15) is 18.2 Å². The molecule has 5 heteroatoms. The molecule has 0 aliphatic carbocycles. The molecule has 0 spiro atoms. The minimum absolute atomic E-state index is 0.241. The summed E-state index contributed by atoms with van der Waals surface area (Å²) in [6.45, 7) is 4.08. The number of hydrazine groups is 2. The van der Waals surface area contributed by atoms with E-state index < -0.39 is 0 Å². The highest BCUT2D eigenvalue weighted by Crippen LogP contribution is 2.40. The molecule has 112 valence electrons. The first-order valence-corrected chi connectivity index (χ1v) is 7.45. The smallest absolute Gasteiger partial charge is 0.230 e. The molecule has 2 aliphatic heterocycles. The predicted octanol–water partition coefficient (Wildman–Crippen LogP) is 3.06. The summed E-state index contributed by atoms with van der Waals surface area (Å²) >= 11 is 0. The number of aromatic nitrogens is 1. The van der Waals surface area contributed by atoms with Gasteiger partial charge in [0.05, 0.1) is 17.6 Å². The zero-order valence-corrected chi connectivity index (χ0v) is 12.6. The van der Waals surface area contributed by atoms with Crippen LogP contribution in [0.15, 0.2) is 54.2 Å². The van der Waals surface area contributed by atoms with E-state index >= 15 is 0 Å². The predicted molar refractivity (Wildman–Crippen MR) is 86.0 cm³/mol. The number of aliphatic hydroxyl groups excluding tert-OH is 1. The first kappa shape index (κ1) is 13.2. The Morgan fingerprint density at radius 2 is 2.00 bits per heavy atom. The van der Waals surface area contributed by atoms with E-state index in [9.17, 15) is 5.11 Å². The Labute approximate surface area is 129 Å². The summed E-state index contributed by atoms with van der Waals surface area (Å²) in [7, 11) is 0. The fourth-order valence-corrected chi connectivity index (χ4v) is 3.14. The SMILES string of the molecule is Cc1ccc(N2NN3C(=C2O)C(C)Cc2ccccc23)cn1. The highest BCUT2D eigenvalue weighted by Gasteiger charge is 2.38. The lowest BCUT2D eigenvalue weighted by Crippen LogP contribution is -2.44. The van der Waals surface area contributed by atoms with Crippen LogP contribution in [0.4, 0.5) is 11.4 Å². The molecule has 0 amide bonds. The molecule has 1 atom stereocenters. The third-order valence-corrected chi connectivity index (χ3v) is 4.26. The molecule has 0 radical (unpaired) electrons. The Morgan fingerprint density at radius 1 is 1.18 bits per heavy atom. The van der Waals surface area contributed by atoms with Crippen LogP contribution < -0.4 is 15.6 Å². The topological polar surface area (TPSA) is 51.6 Å². The van der Waals surface area contributed by atoms with Crippen molar-refractivity contribution in [1.29, 1.82) is 0 Å². The molecule has 1 aromatic heterocycles. The number of anilines is 2. The van der Waals surface area contributed by atoms with Gasteiger partial charge in [-0.2, -0.15) is 0 Å². The normalized spacial score (nSPS) is 20.2. The van der Waals surface area contributed by atoms with E-state index in [1.807, 2.05) is 30.1 Å². The van der Waals surface area contributed by atoms with Gasteiger partial charge in [-0.05, 0) is 37.1 Å². The Morgan fingerprint density at radius 3 is 2.77 bits per heavy atom. The average molecular weight is 294 g/mol. The van der Waals surface area contributed by atoms with E-state index in [0.29, 0.717) is 0 Å². The first-order valence-electron chi connectivity index (χ1n) is 7.45. The van der Waals surface area contributed by atoms with Crippen LogP contribution >= 0.6 is 0 Å². The lowest BCUT2D eigenvalue weighted by atomic mass is 9.92. The molecule has 0 saturated carbocycles. The van der Waals surface area contributed by atoms with Gasteiger partial charge < -0.3 is 5.11 Å². The van der Waals surface area contributed by atoms with Gasteiger partial charge in [-0.3, -0.25) is 9.99 Å². The maximum atomic E-state index is 10.7. The number of aryl methyl sites for hydroxylation is 1. The van der Waals surface area contributed by atoms with Gasteiger partial charge in [0, 0.05) is 11.6 Å². The molecular weight excluding hydrogens is 276 g/mol. The number of pyridine rings is 1. The number of nitrogens with one attached hydrogen (secondary N) is 1. The molecule has 1 unspecified atom stereocenters. The summed E-state index contributed by atoms with van der Waals surface area (Å²) in [5, 5.41) is 14.3. The van der Waals surface area contributed by atoms with Gasteiger partial charge in [0.25, 0.3) is 0 Å². The lowest BCUT2D eigenvalue weighted by Gasteiger charge is -2.32. The molecular formula is C17H18N4O. The first-order chi connectivity index (χ1) is 10.6. The number of benzene rings is 1. The second-order valence-electron chi connectivity index (χ2n) is 5.87. The van der Waals surface area contributed by atoms with Crippen LogP contribution in [0, 0.1) is 12.8 Å². The van der Waals surface area contributed by atoms with Crippen molar-refractivity contribution < 1.29 is 5.11 Å². The van der Waals surface area contributed by atoms with Crippen molar-refractivity contribution in [3.8, 4) is 0 Å². The third kappa shape index (κ3) is 1.86. The van der Waals surface area contributed by atoms with Crippen molar-refractivity contribution in [2.75, 3.05) is 10.0 Å². The molecule has 4 rings (SSSR count). The summed E-state index contributed by atoms with van der Waals surface area (Å²) < 4.78 is 0. The maximum absolute atomic E-state index is 10.7. The number of para-hydroxylation sites is 1. The molecule has 2 N–H and O–H groups in total. The van der Waals surface area contributed by atoms with Gasteiger partial charge in [0.2, 0.25) is 5.88 Å². The Balaban J connectivity index is 1.78. The van der Waals surface area contributed by atoms with Crippen molar-refractivity contribution in [1.82, 2.24) is 10.5 Å². The molecule has 5 nitrogen and oxygen atoms in total. The molecule has 22 heavy (non-hydrogen) atoms. The molecule has 0 fully saturated rings. The lowest BCUT2D eigenvalue weighted by molar-refractivity contribution is 0.382. The fourth-order valence-electron chi connectivity index (χ4n) is 3.14. The fraction of sp³-hybridized carbons (Fsp3) is 0.235. The highest BCUT2D eigenvalue weighted by molar-refractivity contribution is 5.66. The van der Waals surface area contributed by atoms with E-state index in [-0.39, 0.29) is 11.8 Å². The zero-order chi connectivity index (χ0) is 15.3. The van der Waals surface area contributed by atoms with Crippen LogP contribution in [0.25, 0.3) is 0 Å². The molecule has 0 saturated heterocycles.